The topological polar surface area (TPSA) is 229 Å². The number of ether oxygens (including phenoxy) is 1. The molecule has 2 fully saturated rings. The summed E-state index contributed by atoms with van der Waals surface area (Å²) in [6.07, 6.45) is 1.17. The zero-order valence-electron chi connectivity index (χ0n) is 37.6. The first-order valence-corrected chi connectivity index (χ1v) is 26.4. The Morgan fingerprint density at radius 3 is 1.36 bits per heavy atom. The molecule has 8 rings (SSSR count). The number of carbonyl (C=O) groups is 3. The quantitative estimate of drug-likeness (QED) is 0.131. The Hall–Kier alpha value is -5.93. The molecule has 70 heavy (non-hydrogen) atoms. The van der Waals surface area contributed by atoms with Gasteiger partial charge >= 0.3 is 6.15 Å². The molecule has 0 bridgehead atoms. The Morgan fingerprint density at radius 2 is 1.01 bits per heavy atom. The third-order valence-electron chi connectivity index (χ3n) is 11.1. The van der Waals surface area contributed by atoms with E-state index in [0.29, 0.717) is 66.1 Å². The van der Waals surface area contributed by atoms with E-state index in [9.17, 15) is 31.2 Å². The number of hydrogen-bond acceptors (Lipinski definition) is 14. The van der Waals surface area contributed by atoms with Crippen LogP contribution in [-0.2, 0) is 40.5 Å². The van der Waals surface area contributed by atoms with Gasteiger partial charge in [0.25, 0.3) is 18.3 Å². The van der Waals surface area contributed by atoms with Crippen LogP contribution in [0.1, 0.15) is 44.6 Å². The largest absolute Gasteiger partial charge is 0.429 e. The van der Waals surface area contributed by atoms with E-state index in [4.69, 9.17) is 60.7 Å². The molecule has 2 aliphatic rings. The third-order valence-corrected chi connectivity index (χ3v) is 15.4. The van der Waals surface area contributed by atoms with E-state index in [1.54, 1.807) is 87.0 Å². The van der Waals surface area contributed by atoms with Crippen LogP contribution in [0.2, 0.25) is 20.1 Å². The molecule has 0 aliphatic carbocycles. The number of aromatic nitrogens is 4. The lowest BCUT2D eigenvalue weighted by Crippen LogP contribution is -2.50. The number of hydrazine groups is 2. The molecule has 6 aromatic rings. The Kier molecular flexibility index (Phi) is 17.8. The summed E-state index contributed by atoms with van der Waals surface area (Å²) in [4.78, 5) is 53.1. The van der Waals surface area contributed by atoms with Gasteiger partial charge in [-0.3, -0.25) is 25.2 Å². The molecule has 0 unspecified atom stereocenters. The molecule has 0 spiro atoms. The van der Waals surface area contributed by atoms with Gasteiger partial charge in [-0.1, -0.05) is 77.6 Å². The number of hydrogen-bond donors (Lipinski definition) is 2. The molecule has 2 aromatic heterocycles. The van der Waals surface area contributed by atoms with Crippen LogP contribution in [0.4, 0.5) is 0 Å². The highest BCUT2D eigenvalue weighted by molar-refractivity contribution is 7.91. The summed E-state index contributed by atoms with van der Waals surface area (Å²) in [7, 11) is -6.14. The van der Waals surface area contributed by atoms with Crippen LogP contribution < -0.4 is 15.6 Å². The Bertz CT molecular complexity index is 3150. The second-order valence-corrected chi connectivity index (χ2v) is 22.0. The van der Waals surface area contributed by atoms with E-state index in [-0.39, 0.29) is 66.7 Å². The molecule has 4 heterocycles. The molecular weight excluding hydrogens is 1030 g/mol. The van der Waals surface area contributed by atoms with E-state index in [1.807, 2.05) is 31.2 Å². The lowest BCUT2D eigenvalue weighted by atomic mass is 10.0. The van der Waals surface area contributed by atoms with E-state index in [2.05, 4.69) is 28.0 Å². The molecule has 2 amide bonds. The van der Waals surface area contributed by atoms with Crippen molar-refractivity contribution in [1.82, 2.24) is 40.4 Å². The number of halogens is 4. The van der Waals surface area contributed by atoms with Crippen LogP contribution in [0.15, 0.2) is 84.9 Å². The zero-order chi connectivity index (χ0) is 50.9. The Balaban J connectivity index is 0.000000218. The summed E-state index contributed by atoms with van der Waals surface area (Å²) < 4.78 is 54.8. The van der Waals surface area contributed by atoms with Gasteiger partial charge in [-0.05, 0) is 86.5 Å². The standard InChI is InChI=1S/C23H24Cl2N4O3S.C22H20Cl2N4O5S.CO2/c1-3-16-4-6-17(7-5-16)22-15(2)21(23(30)27-28-10-12-33(31,32)13-11-28)26-29(22)20-9-8-18(24)14-19(20)25;1-14-20(22(30)26-27-8-10-34(31,32)11-9-27)25-28(19-7-4-16(23)12-18(19)24)21(14)15-2-5-17(6-3-15)33-13-29;2-1-3/h4-9,14H,3,10-13H2,1-2H3,(H,27,30);2-7,12-13H,8-11H2,1H3,(H,26,30);. The maximum atomic E-state index is 13.1. The summed E-state index contributed by atoms with van der Waals surface area (Å²) in [5, 5.41) is 14.0. The summed E-state index contributed by atoms with van der Waals surface area (Å²) in [6.45, 7) is 6.90. The maximum Gasteiger partial charge on any atom is 0.373 e. The van der Waals surface area contributed by atoms with Crippen molar-refractivity contribution in [2.24, 2.45) is 0 Å². The van der Waals surface area contributed by atoms with Gasteiger partial charge in [-0.15, -0.1) is 0 Å². The molecular formula is C46H44Cl4N8O10S2. The van der Waals surface area contributed by atoms with Gasteiger partial charge in [-0.25, -0.2) is 36.2 Å². The van der Waals surface area contributed by atoms with Crippen LogP contribution in [-0.4, -0.2) is 120 Å². The van der Waals surface area contributed by atoms with Crippen molar-refractivity contribution < 1.29 is 45.5 Å². The van der Waals surface area contributed by atoms with E-state index < -0.39 is 31.5 Å². The van der Waals surface area contributed by atoms with Crippen molar-refractivity contribution in [3.63, 3.8) is 0 Å². The summed E-state index contributed by atoms with van der Waals surface area (Å²) in [5.41, 5.74) is 12.5. The molecule has 0 saturated carbocycles. The fourth-order valence-corrected chi connectivity index (χ4v) is 10.8. The second kappa shape index (κ2) is 23.3. The summed E-state index contributed by atoms with van der Waals surface area (Å²) >= 11 is 25.1. The minimum absolute atomic E-state index is 0.0100. The first kappa shape index (κ1) is 53.4. The van der Waals surface area contributed by atoms with Gasteiger partial charge in [-0.2, -0.15) is 19.8 Å². The zero-order valence-corrected chi connectivity index (χ0v) is 42.3. The van der Waals surface area contributed by atoms with Crippen molar-refractivity contribution in [2.45, 2.75) is 27.2 Å². The van der Waals surface area contributed by atoms with Crippen molar-refractivity contribution >= 4 is 90.5 Å². The number of nitrogens with zero attached hydrogens (tertiary/aromatic N) is 6. The molecule has 368 valence electrons. The van der Waals surface area contributed by atoms with Gasteiger partial charge in [0.15, 0.2) is 31.1 Å². The third kappa shape index (κ3) is 13.1. The number of nitrogens with one attached hydrogen (secondary N) is 2. The van der Waals surface area contributed by atoms with Crippen molar-refractivity contribution in [2.75, 3.05) is 49.2 Å². The van der Waals surface area contributed by atoms with Crippen molar-refractivity contribution in [3.05, 3.63) is 133 Å². The number of carbonyl (C=O) groups excluding carboxylic acids is 5. The number of benzene rings is 4. The molecule has 24 heteroatoms. The van der Waals surface area contributed by atoms with Crippen LogP contribution in [0, 0.1) is 13.8 Å². The molecule has 0 atom stereocenters. The van der Waals surface area contributed by atoms with Crippen LogP contribution in [0.3, 0.4) is 0 Å². The monoisotopic (exact) mass is 1070 g/mol. The summed E-state index contributed by atoms with van der Waals surface area (Å²) in [6, 6.07) is 24.9. The van der Waals surface area contributed by atoms with Gasteiger partial charge in [0, 0.05) is 58.5 Å². The molecule has 2 saturated heterocycles. The number of rotatable bonds is 11. The SMILES string of the molecule is CCc1ccc(-c2c(C)c(C(=O)NN3CCS(=O)(=O)CC3)nn2-c2ccc(Cl)cc2Cl)cc1.Cc1c(C(=O)NN2CCS(=O)(=O)CC2)nn(-c2ccc(Cl)cc2Cl)c1-c1ccc(OC=O)cc1.O=C=O. The average Bonchev–Trinajstić information content (AvgIpc) is 3.84. The van der Waals surface area contributed by atoms with Crippen LogP contribution in [0.5, 0.6) is 5.75 Å². The highest BCUT2D eigenvalue weighted by Gasteiger charge is 2.29. The molecule has 2 N–H and O–H groups in total. The second-order valence-electron chi connectivity index (χ2n) is 15.7. The minimum atomic E-state index is -3.09. The van der Waals surface area contributed by atoms with E-state index >= 15 is 0 Å². The lowest BCUT2D eigenvalue weighted by molar-refractivity contribution is -0.191. The predicted molar refractivity (Wildman–Crippen MR) is 264 cm³/mol. The van der Waals surface area contributed by atoms with Gasteiger partial charge in [0.1, 0.15) is 5.75 Å². The smallest absolute Gasteiger partial charge is 0.373 e. The van der Waals surface area contributed by atoms with Gasteiger partial charge < -0.3 is 4.74 Å². The molecule has 18 nitrogen and oxygen atoms in total. The minimum Gasteiger partial charge on any atom is -0.429 e. The number of amides is 2. The first-order chi connectivity index (χ1) is 33.3. The van der Waals surface area contributed by atoms with Gasteiger partial charge in [0.05, 0.1) is 55.8 Å². The van der Waals surface area contributed by atoms with Crippen molar-refractivity contribution in [3.8, 4) is 39.6 Å². The van der Waals surface area contributed by atoms with E-state index in [0.717, 1.165) is 17.7 Å². The predicted octanol–water partition coefficient (Wildman–Crippen LogP) is 6.57. The van der Waals surface area contributed by atoms with E-state index in [1.165, 1.54) is 5.56 Å². The van der Waals surface area contributed by atoms with Crippen LogP contribution >= 0.6 is 46.4 Å². The van der Waals surface area contributed by atoms with Crippen LogP contribution in [0.25, 0.3) is 33.9 Å². The maximum absolute atomic E-state index is 13.1. The Morgan fingerprint density at radius 1 is 0.643 bits per heavy atom. The molecule has 4 aromatic carbocycles. The van der Waals surface area contributed by atoms with Crippen molar-refractivity contribution in [1.29, 1.82) is 0 Å². The number of aryl methyl sites for hydroxylation is 1. The lowest BCUT2D eigenvalue weighted by Gasteiger charge is -2.26. The number of sulfone groups is 2. The normalized spacial score (nSPS) is 15.2. The highest BCUT2D eigenvalue weighted by atomic mass is 35.5. The summed E-state index contributed by atoms with van der Waals surface area (Å²) in [5.74, 6) is -0.537. The highest BCUT2D eigenvalue weighted by Crippen LogP contribution is 2.35. The first-order valence-electron chi connectivity index (χ1n) is 21.2. The average molecular weight is 1070 g/mol. The fourth-order valence-electron chi connectivity index (χ4n) is 7.44. The van der Waals surface area contributed by atoms with Gasteiger partial charge in [0.2, 0.25) is 0 Å². The fraction of sp³-hybridized carbons (Fsp3) is 0.261. The molecule has 2 aliphatic heterocycles. The molecule has 0 radical (unpaired) electrons. The Labute approximate surface area is 423 Å².